The molecule has 0 saturated carbocycles. The van der Waals surface area contributed by atoms with Gasteiger partial charge in [-0.25, -0.2) is 13.2 Å². The van der Waals surface area contributed by atoms with Crippen molar-refractivity contribution in [2.45, 2.75) is 50.8 Å². The van der Waals surface area contributed by atoms with Gasteiger partial charge < -0.3 is 14.8 Å². The molecule has 0 aromatic heterocycles. The summed E-state index contributed by atoms with van der Waals surface area (Å²) in [6, 6.07) is 4.34. The molecule has 0 spiro atoms. The predicted molar refractivity (Wildman–Crippen MR) is 113 cm³/mol. The number of esters is 2. The lowest BCUT2D eigenvalue weighted by atomic mass is 10.1. The third kappa shape index (κ3) is 7.32. The van der Waals surface area contributed by atoms with Crippen LogP contribution in [0.15, 0.2) is 23.1 Å². The van der Waals surface area contributed by atoms with Gasteiger partial charge in [-0.3, -0.25) is 9.59 Å². The zero-order chi connectivity index (χ0) is 22.9. The second kappa shape index (κ2) is 11.8. The van der Waals surface area contributed by atoms with Crippen molar-refractivity contribution in [2.24, 2.45) is 0 Å². The Morgan fingerprint density at radius 2 is 1.81 bits per heavy atom. The zero-order valence-corrected chi connectivity index (χ0v) is 18.8. The molecule has 1 aromatic carbocycles. The molecule has 1 saturated heterocycles. The van der Waals surface area contributed by atoms with Crippen molar-refractivity contribution in [3.05, 3.63) is 29.3 Å². The van der Waals surface area contributed by atoms with Gasteiger partial charge in [-0.2, -0.15) is 4.31 Å². The number of sulfonamides is 1. The van der Waals surface area contributed by atoms with Gasteiger partial charge in [0.15, 0.2) is 6.61 Å². The molecule has 0 bridgehead atoms. The monoisotopic (exact) mass is 454 g/mol. The van der Waals surface area contributed by atoms with E-state index in [0.717, 1.165) is 19.3 Å². The van der Waals surface area contributed by atoms with E-state index in [1.54, 1.807) is 19.9 Å². The number of hydrogen-bond acceptors (Lipinski definition) is 7. The second-order valence-electron chi connectivity index (χ2n) is 7.28. The third-order valence-electron chi connectivity index (χ3n) is 4.88. The number of carbonyl (C=O) groups excluding carboxylic acids is 3. The van der Waals surface area contributed by atoms with Gasteiger partial charge in [-0.05, 0) is 50.8 Å². The molecule has 0 atom stereocenters. The summed E-state index contributed by atoms with van der Waals surface area (Å²) < 4.78 is 37.2. The molecule has 1 N–H and O–H groups in total. The largest absolute Gasteiger partial charge is 0.466 e. The quantitative estimate of drug-likeness (QED) is 0.423. The van der Waals surface area contributed by atoms with E-state index in [9.17, 15) is 22.8 Å². The van der Waals surface area contributed by atoms with Crippen LogP contribution in [0.1, 0.15) is 54.9 Å². The number of carbonyl (C=O) groups is 3. The van der Waals surface area contributed by atoms with Crippen LogP contribution in [0.2, 0.25) is 0 Å². The average molecular weight is 455 g/mol. The summed E-state index contributed by atoms with van der Waals surface area (Å²) in [6.45, 7) is 4.38. The van der Waals surface area contributed by atoms with Gasteiger partial charge in [0.1, 0.15) is 0 Å². The van der Waals surface area contributed by atoms with Gasteiger partial charge in [-0.1, -0.05) is 12.5 Å². The number of rotatable bonds is 10. The summed E-state index contributed by atoms with van der Waals surface area (Å²) in [5.74, 6) is -1.62. The molecule has 10 heteroatoms. The van der Waals surface area contributed by atoms with Crippen LogP contribution in [-0.2, 0) is 29.1 Å². The Bertz CT molecular complexity index is 893. The lowest BCUT2D eigenvalue weighted by Crippen LogP contribution is -2.36. The molecule has 0 radical (unpaired) electrons. The topological polar surface area (TPSA) is 119 Å². The molecule has 31 heavy (non-hydrogen) atoms. The summed E-state index contributed by atoms with van der Waals surface area (Å²) in [4.78, 5) is 35.5. The van der Waals surface area contributed by atoms with Gasteiger partial charge in [0, 0.05) is 26.1 Å². The number of nitrogens with one attached hydrogen (secondary N) is 1. The zero-order valence-electron chi connectivity index (χ0n) is 18.0. The smallest absolute Gasteiger partial charge is 0.338 e. The number of piperidine rings is 1. The van der Waals surface area contributed by atoms with Crippen molar-refractivity contribution >= 4 is 27.9 Å². The Labute approximate surface area is 183 Å². The summed E-state index contributed by atoms with van der Waals surface area (Å²) in [5.41, 5.74) is 0.609. The Morgan fingerprint density at radius 1 is 1.10 bits per heavy atom. The summed E-state index contributed by atoms with van der Waals surface area (Å²) in [5, 5.41) is 2.55. The first kappa shape index (κ1) is 24.8. The molecule has 1 heterocycles. The maximum Gasteiger partial charge on any atom is 0.338 e. The van der Waals surface area contributed by atoms with Crippen LogP contribution in [0.5, 0.6) is 0 Å². The molecule has 172 valence electrons. The number of aryl methyl sites for hydroxylation is 1. The summed E-state index contributed by atoms with van der Waals surface area (Å²) in [7, 11) is -3.70. The molecule has 1 amide bonds. The molecular formula is C21H30N2O7S. The molecule has 1 aliphatic heterocycles. The fraction of sp³-hybridized carbons (Fsp3) is 0.571. The van der Waals surface area contributed by atoms with Crippen molar-refractivity contribution in [1.82, 2.24) is 9.62 Å². The van der Waals surface area contributed by atoms with E-state index in [-0.39, 0.29) is 29.4 Å². The fourth-order valence-corrected chi connectivity index (χ4v) is 4.98. The van der Waals surface area contributed by atoms with Crippen molar-refractivity contribution < 1.29 is 32.3 Å². The third-order valence-corrected chi connectivity index (χ3v) is 6.92. The molecule has 2 rings (SSSR count). The van der Waals surface area contributed by atoms with E-state index >= 15 is 0 Å². The van der Waals surface area contributed by atoms with Crippen LogP contribution in [-0.4, -0.2) is 63.4 Å². The number of nitrogens with zero attached hydrogens (tertiary/aromatic N) is 1. The molecule has 1 aliphatic rings. The Morgan fingerprint density at radius 3 is 2.48 bits per heavy atom. The number of hydrogen-bond donors (Lipinski definition) is 1. The highest BCUT2D eigenvalue weighted by Gasteiger charge is 2.28. The van der Waals surface area contributed by atoms with E-state index in [1.807, 2.05) is 0 Å². The molecule has 0 aliphatic carbocycles. The van der Waals surface area contributed by atoms with Crippen molar-refractivity contribution in [3.8, 4) is 0 Å². The first-order chi connectivity index (χ1) is 14.8. The molecule has 1 aromatic rings. The Balaban J connectivity index is 1.90. The first-order valence-corrected chi connectivity index (χ1v) is 11.9. The summed E-state index contributed by atoms with van der Waals surface area (Å²) >= 11 is 0. The lowest BCUT2D eigenvalue weighted by molar-refractivity contribution is -0.143. The Kier molecular flexibility index (Phi) is 9.44. The van der Waals surface area contributed by atoms with Gasteiger partial charge in [0.25, 0.3) is 5.91 Å². The summed E-state index contributed by atoms with van der Waals surface area (Å²) in [6.07, 6.45) is 3.23. The molecular weight excluding hydrogens is 424 g/mol. The number of amides is 1. The van der Waals surface area contributed by atoms with Crippen LogP contribution >= 0.6 is 0 Å². The Hall–Kier alpha value is -2.46. The maximum atomic E-state index is 13.0. The minimum Gasteiger partial charge on any atom is -0.466 e. The first-order valence-electron chi connectivity index (χ1n) is 10.5. The van der Waals surface area contributed by atoms with Crippen LogP contribution in [0.25, 0.3) is 0 Å². The van der Waals surface area contributed by atoms with E-state index < -0.39 is 28.5 Å². The molecule has 1 fully saturated rings. The minimum atomic E-state index is -3.70. The SMILES string of the molecule is CCOC(=O)CCCNC(=O)COC(=O)c1ccc(C)c(S(=O)(=O)N2CCCCC2)c1. The average Bonchev–Trinajstić information content (AvgIpc) is 2.76. The molecule has 0 unspecified atom stereocenters. The van der Waals surface area contributed by atoms with Gasteiger partial charge in [0.2, 0.25) is 10.0 Å². The van der Waals surface area contributed by atoms with Crippen molar-refractivity contribution in [1.29, 1.82) is 0 Å². The van der Waals surface area contributed by atoms with Gasteiger partial charge >= 0.3 is 11.9 Å². The lowest BCUT2D eigenvalue weighted by Gasteiger charge is -2.26. The number of ether oxygens (including phenoxy) is 2. The highest BCUT2D eigenvalue weighted by atomic mass is 32.2. The van der Waals surface area contributed by atoms with Gasteiger partial charge in [0.05, 0.1) is 17.1 Å². The van der Waals surface area contributed by atoms with Crippen molar-refractivity contribution in [2.75, 3.05) is 32.8 Å². The normalized spacial score (nSPS) is 14.6. The fourth-order valence-electron chi connectivity index (χ4n) is 3.21. The number of benzene rings is 1. The minimum absolute atomic E-state index is 0.0660. The van der Waals surface area contributed by atoms with E-state index in [2.05, 4.69) is 5.32 Å². The van der Waals surface area contributed by atoms with E-state index in [4.69, 9.17) is 9.47 Å². The van der Waals surface area contributed by atoms with E-state index in [0.29, 0.717) is 31.7 Å². The highest BCUT2D eigenvalue weighted by molar-refractivity contribution is 7.89. The highest BCUT2D eigenvalue weighted by Crippen LogP contribution is 2.24. The van der Waals surface area contributed by atoms with Crippen LogP contribution in [0.3, 0.4) is 0 Å². The second-order valence-corrected chi connectivity index (χ2v) is 9.19. The maximum absolute atomic E-state index is 13.0. The van der Waals surface area contributed by atoms with Crippen LogP contribution in [0.4, 0.5) is 0 Å². The van der Waals surface area contributed by atoms with E-state index in [1.165, 1.54) is 16.4 Å². The van der Waals surface area contributed by atoms with Crippen LogP contribution in [0, 0.1) is 6.92 Å². The molecule has 9 nitrogen and oxygen atoms in total. The van der Waals surface area contributed by atoms with Crippen LogP contribution < -0.4 is 5.32 Å². The van der Waals surface area contributed by atoms with Crippen molar-refractivity contribution in [3.63, 3.8) is 0 Å². The standard InChI is InChI=1S/C21H30N2O7S/c1-3-29-20(25)8-7-11-22-19(24)15-30-21(26)17-10-9-16(2)18(14-17)31(27,28)23-12-5-4-6-13-23/h9-10,14H,3-8,11-13,15H2,1-2H3,(H,22,24). The van der Waals surface area contributed by atoms with Gasteiger partial charge in [-0.15, -0.1) is 0 Å². The predicted octanol–water partition coefficient (Wildman–Crippen LogP) is 1.79.